The molecule has 1 atom stereocenters. The van der Waals surface area contributed by atoms with Gasteiger partial charge in [0.1, 0.15) is 5.75 Å². The highest BCUT2D eigenvalue weighted by atomic mass is 35.5. The molecule has 0 saturated heterocycles. The molecule has 3 N–H and O–H groups in total. The normalized spacial score (nSPS) is 11.8. The van der Waals surface area contributed by atoms with Crippen LogP contribution in [0.15, 0.2) is 42.5 Å². The Morgan fingerprint density at radius 3 is 2.52 bits per heavy atom. The van der Waals surface area contributed by atoms with Crippen LogP contribution in [0.2, 0.25) is 10.0 Å². The number of benzene rings is 2. The van der Waals surface area contributed by atoms with E-state index in [2.05, 4.69) is 5.32 Å². The van der Waals surface area contributed by atoms with Crippen molar-refractivity contribution >= 4 is 40.5 Å². The largest absolute Gasteiger partial charge is 0.479 e. The topological polar surface area (TPSA) is 64.3 Å². The van der Waals surface area contributed by atoms with Crippen molar-refractivity contribution in [1.29, 1.82) is 0 Å². The fourth-order valence-electron chi connectivity index (χ4n) is 1.62. The summed E-state index contributed by atoms with van der Waals surface area (Å²) in [6.45, 7) is 1.63. The lowest BCUT2D eigenvalue weighted by atomic mass is 10.2. The highest BCUT2D eigenvalue weighted by molar-refractivity contribution is 6.34. The number of ether oxygens (including phenoxy) is 1. The zero-order chi connectivity index (χ0) is 15.4. The monoisotopic (exact) mass is 324 g/mol. The van der Waals surface area contributed by atoms with E-state index in [1.165, 1.54) is 0 Å². The van der Waals surface area contributed by atoms with E-state index >= 15 is 0 Å². The summed E-state index contributed by atoms with van der Waals surface area (Å²) in [5, 5.41) is 3.61. The zero-order valence-electron chi connectivity index (χ0n) is 11.3. The van der Waals surface area contributed by atoms with Crippen LogP contribution in [0.3, 0.4) is 0 Å². The number of nitrogen functional groups attached to an aromatic ring is 1. The van der Waals surface area contributed by atoms with E-state index in [0.717, 1.165) is 0 Å². The lowest BCUT2D eigenvalue weighted by Crippen LogP contribution is -2.30. The van der Waals surface area contributed by atoms with E-state index in [9.17, 15) is 4.79 Å². The van der Waals surface area contributed by atoms with Gasteiger partial charge >= 0.3 is 0 Å². The maximum absolute atomic E-state index is 12.1. The molecule has 0 bridgehead atoms. The third kappa shape index (κ3) is 4.28. The van der Waals surface area contributed by atoms with Crippen LogP contribution in [0.5, 0.6) is 5.75 Å². The molecular formula is C15H14Cl2N2O2. The number of carbonyl (C=O) groups is 1. The Kier molecular flexibility index (Phi) is 4.94. The van der Waals surface area contributed by atoms with Gasteiger partial charge < -0.3 is 15.8 Å². The summed E-state index contributed by atoms with van der Waals surface area (Å²) in [7, 11) is 0. The summed E-state index contributed by atoms with van der Waals surface area (Å²) in [5.74, 6) is 0.0694. The Labute approximate surface area is 132 Å². The lowest BCUT2D eigenvalue weighted by molar-refractivity contribution is -0.122. The van der Waals surface area contributed by atoms with E-state index in [-0.39, 0.29) is 5.91 Å². The first-order chi connectivity index (χ1) is 9.95. The fraction of sp³-hybridized carbons (Fsp3) is 0.133. The molecule has 0 aliphatic heterocycles. The molecule has 0 saturated carbocycles. The molecule has 0 aliphatic rings. The van der Waals surface area contributed by atoms with Crippen LogP contribution in [0.4, 0.5) is 11.4 Å². The van der Waals surface area contributed by atoms with Gasteiger partial charge in [0, 0.05) is 22.5 Å². The summed E-state index contributed by atoms with van der Waals surface area (Å²) >= 11 is 11.9. The third-order valence-corrected chi connectivity index (χ3v) is 3.29. The van der Waals surface area contributed by atoms with Gasteiger partial charge in [-0.1, -0.05) is 23.2 Å². The van der Waals surface area contributed by atoms with Gasteiger partial charge in [0.15, 0.2) is 6.10 Å². The summed E-state index contributed by atoms with van der Waals surface area (Å²) in [6.07, 6.45) is -0.724. The number of halogens is 2. The van der Waals surface area contributed by atoms with Crippen LogP contribution in [0.1, 0.15) is 6.92 Å². The predicted octanol–water partition coefficient (Wildman–Crippen LogP) is 3.98. The molecule has 0 radical (unpaired) electrons. The Morgan fingerprint density at radius 1 is 1.19 bits per heavy atom. The van der Waals surface area contributed by atoms with Crippen LogP contribution in [-0.4, -0.2) is 12.0 Å². The number of amides is 1. The minimum atomic E-state index is -0.724. The minimum Gasteiger partial charge on any atom is -0.479 e. The molecule has 110 valence electrons. The summed E-state index contributed by atoms with van der Waals surface area (Å²) in [4.78, 5) is 12.1. The number of hydrogen-bond acceptors (Lipinski definition) is 3. The third-order valence-electron chi connectivity index (χ3n) is 2.74. The molecule has 0 fully saturated rings. The smallest absolute Gasteiger partial charge is 0.265 e. The molecule has 1 unspecified atom stereocenters. The van der Waals surface area contributed by atoms with E-state index < -0.39 is 6.10 Å². The molecule has 0 spiro atoms. The van der Waals surface area contributed by atoms with Gasteiger partial charge in [-0.3, -0.25) is 4.79 Å². The number of carbonyl (C=O) groups excluding carboxylic acids is 1. The molecule has 0 aliphatic carbocycles. The second-order valence-corrected chi connectivity index (χ2v) is 5.29. The molecule has 0 heterocycles. The minimum absolute atomic E-state index is 0.296. The number of hydrogen-bond donors (Lipinski definition) is 2. The second-order valence-electron chi connectivity index (χ2n) is 4.45. The molecule has 0 aromatic heterocycles. The Morgan fingerprint density at radius 2 is 1.86 bits per heavy atom. The van der Waals surface area contributed by atoms with Crippen LogP contribution in [0.25, 0.3) is 0 Å². The molecule has 2 rings (SSSR count). The number of nitrogens with two attached hydrogens (primary N) is 1. The van der Waals surface area contributed by atoms with Crippen molar-refractivity contribution in [3.05, 3.63) is 52.5 Å². The van der Waals surface area contributed by atoms with Crippen molar-refractivity contribution < 1.29 is 9.53 Å². The fourth-order valence-corrected chi connectivity index (χ4v) is 1.95. The Hall–Kier alpha value is -1.91. The van der Waals surface area contributed by atoms with Gasteiger partial charge in [0.2, 0.25) is 0 Å². The highest BCUT2D eigenvalue weighted by Gasteiger charge is 2.16. The molecule has 1 amide bonds. The van der Waals surface area contributed by atoms with Crippen LogP contribution >= 0.6 is 23.2 Å². The van der Waals surface area contributed by atoms with Crippen molar-refractivity contribution in [1.82, 2.24) is 0 Å². The maximum Gasteiger partial charge on any atom is 0.265 e. The van der Waals surface area contributed by atoms with Crippen LogP contribution in [0, 0.1) is 0 Å². The lowest BCUT2D eigenvalue weighted by Gasteiger charge is -2.16. The molecule has 2 aromatic carbocycles. The average molecular weight is 325 g/mol. The Bertz CT molecular complexity index is 645. The molecule has 2 aromatic rings. The zero-order valence-corrected chi connectivity index (χ0v) is 12.8. The van der Waals surface area contributed by atoms with Crippen LogP contribution in [-0.2, 0) is 4.79 Å². The van der Waals surface area contributed by atoms with E-state index in [4.69, 9.17) is 33.7 Å². The summed E-state index contributed by atoms with van der Waals surface area (Å²) in [5.41, 5.74) is 6.85. The standard InChI is InChI=1S/C15H14Cl2N2O2/c1-9(21-14-8-10(16)2-7-13(14)17)15(20)19-12-5-3-11(18)4-6-12/h2-9H,18H2,1H3,(H,19,20). The van der Waals surface area contributed by atoms with E-state index in [1.54, 1.807) is 49.4 Å². The average Bonchev–Trinajstić information content (AvgIpc) is 2.45. The van der Waals surface area contributed by atoms with Crippen molar-refractivity contribution in [3.63, 3.8) is 0 Å². The van der Waals surface area contributed by atoms with Gasteiger partial charge in [0.25, 0.3) is 5.91 Å². The maximum atomic E-state index is 12.1. The Balaban J connectivity index is 2.02. The first-order valence-electron chi connectivity index (χ1n) is 6.24. The SMILES string of the molecule is CC(Oc1cc(Cl)ccc1Cl)C(=O)Nc1ccc(N)cc1. The van der Waals surface area contributed by atoms with Crippen molar-refractivity contribution in [2.45, 2.75) is 13.0 Å². The van der Waals surface area contributed by atoms with Gasteiger partial charge in [-0.25, -0.2) is 0 Å². The summed E-state index contributed by atoms with van der Waals surface area (Å²) in [6, 6.07) is 11.7. The van der Waals surface area contributed by atoms with Crippen LogP contribution < -0.4 is 15.8 Å². The van der Waals surface area contributed by atoms with Crippen molar-refractivity contribution in [3.8, 4) is 5.75 Å². The van der Waals surface area contributed by atoms with Gasteiger partial charge in [-0.15, -0.1) is 0 Å². The second kappa shape index (κ2) is 6.70. The number of rotatable bonds is 4. The molecule has 4 nitrogen and oxygen atoms in total. The van der Waals surface area contributed by atoms with Gasteiger partial charge in [-0.2, -0.15) is 0 Å². The highest BCUT2D eigenvalue weighted by Crippen LogP contribution is 2.28. The molecule has 21 heavy (non-hydrogen) atoms. The number of anilines is 2. The molecular weight excluding hydrogens is 311 g/mol. The quantitative estimate of drug-likeness (QED) is 0.836. The van der Waals surface area contributed by atoms with E-state index in [0.29, 0.717) is 27.2 Å². The summed E-state index contributed by atoms with van der Waals surface area (Å²) < 4.78 is 5.53. The van der Waals surface area contributed by atoms with Crippen molar-refractivity contribution in [2.24, 2.45) is 0 Å². The predicted molar refractivity (Wildman–Crippen MR) is 86.0 cm³/mol. The number of nitrogens with one attached hydrogen (secondary N) is 1. The first kappa shape index (κ1) is 15.5. The van der Waals surface area contributed by atoms with E-state index in [1.807, 2.05) is 0 Å². The van der Waals surface area contributed by atoms with Gasteiger partial charge in [0.05, 0.1) is 5.02 Å². The van der Waals surface area contributed by atoms with Crippen molar-refractivity contribution in [2.75, 3.05) is 11.1 Å². The van der Waals surface area contributed by atoms with Gasteiger partial charge in [-0.05, 0) is 43.3 Å². The first-order valence-corrected chi connectivity index (χ1v) is 6.99. The molecule has 6 heteroatoms.